The smallest absolute Gasteiger partial charge is 0.345 e. The lowest BCUT2D eigenvalue weighted by molar-refractivity contribution is -0.145. The Morgan fingerprint density at radius 2 is 1.91 bits per heavy atom. The summed E-state index contributed by atoms with van der Waals surface area (Å²) in [6.07, 6.45) is -0.937. The summed E-state index contributed by atoms with van der Waals surface area (Å²) >= 11 is 11.9. The Morgan fingerprint density at radius 1 is 1.18 bits per heavy atom. The van der Waals surface area contributed by atoms with Crippen molar-refractivity contribution >= 4 is 29.2 Å². The van der Waals surface area contributed by atoms with Gasteiger partial charge in [0.15, 0.2) is 6.10 Å². The van der Waals surface area contributed by atoms with E-state index in [9.17, 15) is 9.90 Å². The molecular weight excluding hydrogens is 327 g/mol. The van der Waals surface area contributed by atoms with Crippen LogP contribution in [0.4, 0.5) is 0 Å². The van der Waals surface area contributed by atoms with E-state index < -0.39 is 12.1 Å². The van der Waals surface area contributed by atoms with E-state index in [0.29, 0.717) is 27.1 Å². The fourth-order valence-corrected chi connectivity index (χ4v) is 2.39. The van der Waals surface area contributed by atoms with Gasteiger partial charge in [-0.2, -0.15) is 0 Å². The summed E-state index contributed by atoms with van der Waals surface area (Å²) in [6.45, 7) is 0. The van der Waals surface area contributed by atoms with Crippen molar-refractivity contribution in [2.24, 2.45) is 0 Å². The third kappa shape index (κ3) is 4.29. The fourth-order valence-electron chi connectivity index (χ4n) is 1.91. The van der Waals surface area contributed by atoms with Crippen LogP contribution in [0, 0.1) is 0 Å². The maximum Gasteiger partial charge on any atom is 0.345 e. The largest absolute Gasteiger partial charge is 0.497 e. The lowest BCUT2D eigenvalue weighted by Crippen LogP contribution is -2.29. The van der Waals surface area contributed by atoms with E-state index in [-0.39, 0.29) is 6.42 Å². The summed E-state index contributed by atoms with van der Waals surface area (Å²) in [5, 5.41) is 10.2. The first-order chi connectivity index (χ1) is 10.5. The second-order valence-corrected chi connectivity index (χ2v) is 5.41. The maximum atomic E-state index is 11.4. The average Bonchev–Trinajstić information content (AvgIpc) is 2.49. The van der Waals surface area contributed by atoms with Crippen molar-refractivity contribution in [2.75, 3.05) is 7.11 Å². The fraction of sp³-hybridized carbons (Fsp3) is 0.188. The molecule has 0 saturated carbocycles. The summed E-state index contributed by atoms with van der Waals surface area (Å²) in [5.74, 6) is -0.0724. The molecule has 2 aromatic carbocycles. The van der Waals surface area contributed by atoms with Crippen molar-refractivity contribution in [3.05, 3.63) is 58.1 Å². The normalized spacial score (nSPS) is 11.8. The van der Waals surface area contributed by atoms with Crippen LogP contribution in [0.15, 0.2) is 42.5 Å². The Labute approximate surface area is 138 Å². The van der Waals surface area contributed by atoms with Crippen LogP contribution in [-0.2, 0) is 11.2 Å². The monoisotopic (exact) mass is 340 g/mol. The van der Waals surface area contributed by atoms with Gasteiger partial charge in [-0.25, -0.2) is 4.79 Å². The summed E-state index contributed by atoms with van der Waals surface area (Å²) < 4.78 is 10.6. The van der Waals surface area contributed by atoms with Gasteiger partial charge >= 0.3 is 5.97 Å². The van der Waals surface area contributed by atoms with Gasteiger partial charge in [-0.05, 0) is 29.8 Å². The Bertz CT molecular complexity index is 673. The standard InChI is InChI=1S/C16H14Cl2O4/c1-21-12-3-2-4-13(9-12)22-15(16(19)20)7-10-5-6-11(17)8-14(10)18/h2-6,8-9,15H,7H2,1H3,(H,19,20). The number of ether oxygens (including phenoxy) is 2. The van der Waals surface area contributed by atoms with Crippen LogP contribution < -0.4 is 9.47 Å². The zero-order valence-electron chi connectivity index (χ0n) is 11.8. The Morgan fingerprint density at radius 3 is 2.55 bits per heavy atom. The van der Waals surface area contributed by atoms with E-state index in [2.05, 4.69) is 0 Å². The van der Waals surface area contributed by atoms with Crippen LogP contribution in [0.1, 0.15) is 5.56 Å². The number of hydrogen-bond donors (Lipinski definition) is 1. The lowest BCUT2D eigenvalue weighted by Gasteiger charge is -2.16. The molecule has 1 N–H and O–H groups in total. The highest BCUT2D eigenvalue weighted by atomic mass is 35.5. The van der Waals surface area contributed by atoms with E-state index in [1.54, 1.807) is 42.5 Å². The molecule has 1 atom stereocenters. The number of halogens is 2. The number of carboxylic acid groups (broad SMARTS) is 1. The molecule has 0 radical (unpaired) electrons. The van der Waals surface area contributed by atoms with Gasteiger partial charge in [0.25, 0.3) is 0 Å². The van der Waals surface area contributed by atoms with Crippen molar-refractivity contribution in [2.45, 2.75) is 12.5 Å². The van der Waals surface area contributed by atoms with Crippen molar-refractivity contribution in [1.82, 2.24) is 0 Å². The highest BCUT2D eigenvalue weighted by molar-refractivity contribution is 6.35. The van der Waals surface area contributed by atoms with E-state index in [1.165, 1.54) is 7.11 Å². The van der Waals surface area contributed by atoms with Gasteiger partial charge in [0.05, 0.1) is 7.11 Å². The van der Waals surface area contributed by atoms with Crippen LogP contribution in [0.5, 0.6) is 11.5 Å². The first-order valence-corrected chi connectivity index (χ1v) is 7.22. The minimum Gasteiger partial charge on any atom is -0.497 e. The molecule has 0 aliphatic carbocycles. The minimum absolute atomic E-state index is 0.128. The summed E-state index contributed by atoms with van der Waals surface area (Å²) in [7, 11) is 1.53. The van der Waals surface area contributed by atoms with Crippen LogP contribution >= 0.6 is 23.2 Å². The first-order valence-electron chi connectivity index (χ1n) is 6.47. The van der Waals surface area contributed by atoms with Gasteiger partial charge in [-0.1, -0.05) is 35.3 Å². The van der Waals surface area contributed by atoms with E-state index >= 15 is 0 Å². The van der Waals surface area contributed by atoms with Crippen molar-refractivity contribution in [1.29, 1.82) is 0 Å². The molecule has 4 nitrogen and oxygen atoms in total. The first kappa shape index (κ1) is 16.5. The molecule has 0 aliphatic heterocycles. The van der Waals surface area contributed by atoms with Crippen molar-refractivity contribution in [3.63, 3.8) is 0 Å². The van der Waals surface area contributed by atoms with E-state index in [1.807, 2.05) is 0 Å². The van der Waals surface area contributed by atoms with Gasteiger partial charge < -0.3 is 14.6 Å². The second-order valence-electron chi connectivity index (χ2n) is 4.56. The molecule has 0 fully saturated rings. The Hall–Kier alpha value is -1.91. The van der Waals surface area contributed by atoms with Crippen molar-refractivity contribution < 1.29 is 19.4 Å². The van der Waals surface area contributed by atoms with E-state index in [4.69, 9.17) is 32.7 Å². The van der Waals surface area contributed by atoms with Gasteiger partial charge in [-0.3, -0.25) is 0 Å². The van der Waals surface area contributed by atoms with Crippen LogP contribution in [-0.4, -0.2) is 24.3 Å². The third-order valence-electron chi connectivity index (χ3n) is 3.02. The van der Waals surface area contributed by atoms with Crippen LogP contribution in [0.25, 0.3) is 0 Å². The number of aliphatic carboxylic acids is 1. The molecule has 116 valence electrons. The minimum atomic E-state index is -1.08. The number of hydrogen-bond acceptors (Lipinski definition) is 3. The molecule has 0 spiro atoms. The predicted octanol–water partition coefficient (Wildman–Crippen LogP) is 4.08. The van der Waals surface area contributed by atoms with Gasteiger partial charge in [0.2, 0.25) is 0 Å². The molecule has 0 heterocycles. The molecule has 2 aromatic rings. The number of methoxy groups -OCH3 is 1. The topological polar surface area (TPSA) is 55.8 Å². The Balaban J connectivity index is 2.17. The van der Waals surface area contributed by atoms with Gasteiger partial charge in [0, 0.05) is 22.5 Å². The molecule has 2 rings (SSSR count). The van der Waals surface area contributed by atoms with Crippen LogP contribution in [0.2, 0.25) is 10.0 Å². The highest BCUT2D eigenvalue weighted by Crippen LogP contribution is 2.25. The number of rotatable bonds is 6. The van der Waals surface area contributed by atoms with Gasteiger partial charge in [-0.15, -0.1) is 0 Å². The Kier molecular flexibility index (Phi) is 5.52. The molecule has 22 heavy (non-hydrogen) atoms. The van der Waals surface area contributed by atoms with Gasteiger partial charge in [0.1, 0.15) is 11.5 Å². The molecule has 1 unspecified atom stereocenters. The van der Waals surface area contributed by atoms with Crippen molar-refractivity contribution in [3.8, 4) is 11.5 Å². The SMILES string of the molecule is COc1cccc(OC(Cc2ccc(Cl)cc2Cl)C(=O)O)c1. The summed E-state index contributed by atoms with van der Waals surface area (Å²) in [6, 6.07) is 11.7. The lowest BCUT2D eigenvalue weighted by atomic mass is 10.1. The highest BCUT2D eigenvalue weighted by Gasteiger charge is 2.21. The molecule has 0 aromatic heterocycles. The number of carboxylic acids is 1. The second kappa shape index (κ2) is 7.38. The maximum absolute atomic E-state index is 11.4. The summed E-state index contributed by atoms with van der Waals surface area (Å²) in [5.41, 5.74) is 0.654. The third-order valence-corrected chi connectivity index (χ3v) is 3.60. The molecule has 0 aliphatic rings. The van der Waals surface area contributed by atoms with E-state index in [0.717, 1.165) is 0 Å². The predicted molar refractivity (Wildman–Crippen MR) is 85.2 cm³/mol. The zero-order chi connectivity index (χ0) is 16.1. The zero-order valence-corrected chi connectivity index (χ0v) is 13.3. The number of carbonyl (C=O) groups is 1. The van der Waals surface area contributed by atoms with Crippen LogP contribution in [0.3, 0.4) is 0 Å². The molecule has 0 amide bonds. The number of benzene rings is 2. The quantitative estimate of drug-likeness (QED) is 0.860. The molecular formula is C16H14Cl2O4. The molecule has 0 saturated heterocycles. The average molecular weight is 341 g/mol. The summed E-state index contributed by atoms with van der Waals surface area (Å²) in [4.78, 5) is 11.4. The molecule has 6 heteroatoms. The molecule has 0 bridgehead atoms.